The number of H-pyrrole nitrogens is 1. The number of nitrogens with zero attached hydrogens (tertiary/aromatic N) is 1. The molecule has 132 valence electrons. The molecule has 0 radical (unpaired) electrons. The van der Waals surface area contributed by atoms with E-state index in [1.807, 2.05) is 55.5 Å². The third-order valence-corrected chi connectivity index (χ3v) is 5.40. The molecular weight excluding hydrogens is 338 g/mol. The number of para-hydroxylation sites is 2. The van der Waals surface area contributed by atoms with Crippen molar-refractivity contribution >= 4 is 21.1 Å². The summed E-state index contributed by atoms with van der Waals surface area (Å²) in [6, 6.07) is 14.9. The minimum atomic E-state index is -3.39. The van der Waals surface area contributed by atoms with Crippen molar-refractivity contribution in [2.75, 3.05) is 6.54 Å². The Kier molecular flexibility index (Phi) is 5.06. The van der Waals surface area contributed by atoms with E-state index in [1.54, 1.807) is 4.57 Å². The molecular formula is C18H21N3O3S. The molecule has 2 N–H and O–H groups in total. The highest BCUT2D eigenvalue weighted by Gasteiger charge is 2.11. The normalized spacial score (nSPS) is 11.9. The first-order valence-electron chi connectivity index (χ1n) is 8.15. The Balaban J connectivity index is 1.56. The highest BCUT2D eigenvalue weighted by atomic mass is 32.2. The quantitative estimate of drug-likeness (QED) is 0.634. The van der Waals surface area contributed by atoms with E-state index in [1.165, 1.54) is 0 Å². The molecule has 0 saturated heterocycles. The standard InChI is InChI=1S/C18H21N3O3S/c1-14-7-9-15(10-8-14)13-25(23,24)19-11-4-12-21-17-6-3-2-5-16(17)20-18(21)22/h2-3,5-10,19H,4,11-13H2,1H3,(H,20,22). The zero-order valence-electron chi connectivity index (χ0n) is 14.0. The van der Waals surface area contributed by atoms with Gasteiger partial charge in [-0.05, 0) is 31.0 Å². The first kappa shape index (κ1) is 17.4. The molecule has 0 aliphatic rings. The monoisotopic (exact) mass is 359 g/mol. The van der Waals surface area contributed by atoms with Crippen molar-refractivity contribution in [1.29, 1.82) is 0 Å². The van der Waals surface area contributed by atoms with E-state index in [0.717, 1.165) is 22.2 Å². The van der Waals surface area contributed by atoms with E-state index in [0.29, 0.717) is 19.5 Å². The van der Waals surface area contributed by atoms with Crippen molar-refractivity contribution in [1.82, 2.24) is 14.3 Å². The van der Waals surface area contributed by atoms with Crippen molar-refractivity contribution in [2.24, 2.45) is 0 Å². The number of benzene rings is 2. The Labute approximate surface area is 146 Å². The summed E-state index contributed by atoms with van der Waals surface area (Å²) in [4.78, 5) is 14.8. The number of aromatic amines is 1. The summed E-state index contributed by atoms with van der Waals surface area (Å²) in [5, 5.41) is 0. The van der Waals surface area contributed by atoms with Gasteiger partial charge in [0.25, 0.3) is 0 Å². The van der Waals surface area contributed by atoms with E-state index in [-0.39, 0.29) is 11.4 Å². The molecule has 0 spiro atoms. The zero-order chi connectivity index (χ0) is 17.9. The summed E-state index contributed by atoms with van der Waals surface area (Å²) in [6.45, 7) is 2.71. The first-order valence-corrected chi connectivity index (χ1v) is 9.80. The Morgan fingerprint density at radius 3 is 2.56 bits per heavy atom. The molecule has 0 bridgehead atoms. The molecule has 0 amide bonds. The molecule has 3 aromatic rings. The number of imidazole rings is 1. The van der Waals surface area contributed by atoms with Crippen LogP contribution >= 0.6 is 0 Å². The second-order valence-electron chi connectivity index (χ2n) is 6.09. The highest BCUT2D eigenvalue weighted by Crippen LogP contribution is 2.10. The molecule has 0 atom stereocenters. The van der Waals surface area contributed by atoms with Crippen LogP contribution in [0.15, 0.2) is 53.3 Å². The van der Waals surface area contributed by atoms with E-state index >= 15 is 0 Å². The summed E-state index contributed by atoms with van der Waals surface area (Å²) >= 11 is 0. The van der Waals surface area contributed by atoms with Crippen LogP contribution in [0.4, 0.5) is 0 Å². The lowest BCUT2D eigenvalue weighted by Crippen LogP contribution is -2.27. The smallest absolute Gasteiger partial charge is 0.306 e. The van der Waals surface area contributed by atoms with Gasteiger partial charge < -0.3 is 4.98 Å². The van der Waals surface area contributed by atoms with Crippen LogP contribution in [0.2, 0.25) is 0 Å². The van der Waals surface area contributed by atoms with Crippen LogP contribution in [0.25, 0.3) is 11.0 Å². The lowest BCUT2D eigenvalue weighted by molar-refractivity contribution is 0.569. The number of aromatic nitrogens is 2. The number of rotatable bonds is 7. The number of sulfonamides is 1. The molecule has 1 aromatic heterocycles. The maximum Gasteiger partial charge on any atom is 0.326 e. The highest BCUT2D eigenvalue weighted by molar-refractivity contribution is 7.88. The number of fused-ring (bicyclic) bond motifs is 1. The van der Waals surface area contributed by atoms with Crippen LogP contribution in [-0.2, 0) is 22.3 Å². The van der Waals surface area contributed by atoms with Gasteiger partial charge in [-0.3, -0.25) is 4.57 Å². The van der Waals surface area contributed by atoms with Gasteiger partial charge in [0.2, 0.25) is 10.0 Å². The fourth-order valence-corrected chi connectivity index (χ4v) is 3.94. The van der Waals surface area contributed by atoms with Crippen LogP contribution < -0.4 is 10.4 Å². The second-order valence-corrected chi connectivity index (χ2v) is 7.90. The summed E-state index contributed by atoms with van der Waals surface area (Å²) in [6.07, 6.45) is 0.537. The Hall–Kier alpha value is -2.38. The Bertz CT molecular complexity index is 1020. The Morgan fingerprint density at radius 1 is 1.08 bits per heavy atom. The fraction of sp³-hybridized carbons (Fsp3) is 0.278. The van der Waals surface area contributed by atoms with E-state index in [9.17, 15) is 13.2 Å². The van der Waals surface area contributed by atoms with Crippen LogP contribution in [-0.4, -0.2) is 24.5 Å². The van der Waals surface area contributed by atoms with Crippen molar-refractivity contribution in [3.8, 4) is 0 Å². The van der Waals surface area contributed by atoms with Gasteiger partial charge in [0.15, 0.2) is 0 Å². The molecule has 0 aliphatic carbocycles. The molecule has 25 heavy (non-hydrogen) atoms. The van der Waals surface area contributed by atoms with Crippen molar-refractivity contribution in [3.63, 3.8) is 0 Å². The van der Waals surface area contributed by atoms with Gasteiger partial charge in [-0.1, -0.05) is 42.0 Å². The van der Waals surface area contributed by atoms with Gasteiger partial charge in [-0.2, -0.15) is 0 Å². The van der Waals surface area contributed by atoms with Gasteiger partial charge in [0.1, 0.15) is 0 Å². The molecule has 0 saturated carbocycles. The predicted molar refractivity (Wildman–Crippen MR) is 99.0 cm³/mol. The van der Waals surface area contributed by atoms with Gasteiger partial charge in [0, 0.05) is 13.1 Å². The molecule has 3 rings (SSSR count). The first-order chi connectivity index (χ1) is 11.9. The summed E-state index contributed by atoms with van der Waals surface area (Å²) in [5.41, 5.74) is 3.29. The molecule has 0 unspecified atom stereocenters. The predicted octanol–water partition coefficient (Wildman–Crippen LogP) is 2.15. The topological polar surface area (TPSA) is 84.0 Å². The summed E-state index contributed by atoms with van der Waals surface area (Å²) < 4.78 is 28.5. The average Bonchev–Trinajstić information content (AvgIpc) is 2.89. The van der Waals surface area contributed by atoms with Crippen LogP contribution in [0.1, 0.15) is 17.5 Å². The molecule has 7 heteroatoms. The maximum atomic E-state index is 12.1. The number of nitrogens with one attached hydrogen (secondary N) is 2. The molecule has 0 aliphatic heterocycles. The zero-order valence-corrected chi connectivity index (χ0v) is 14.8. The van der Waals surface area contributed by atoms with E-state index in [2.05, 4.69) is 9.71 Å². The third kappa shape index (κ3) is 4.37. The van der Waals surface area contributed by atoms with Gasteiger partial charge in [0.05, 0.1) is 16.8 Å². The lowest BCUT2D eigenvalue weighted by atomic mass is 10.2. The summed E-state index contributed by atoms with van der Waals surface area (Å²) in [7, 11) is -3.39. The number of hydrogen-bond donors (Lipinski definition) is 2. The lowest BCUT2D eigenvalue weighted by Gasteiger charge is -2.08. The maximum absolute atomic E-state index is 12.1. The minimum absolute atomic E-state index is 0.0414. The van der Waals surface area contributed by atoms with Gasteiger partial charge in [-0.15, -0.1) is 0 Å². The van der Waals surface area contributed by atoms with E-state index in [4.69, 9.17) is 0 Å². The minimum Gasteiger partial charge on any atom is -0.306 e. The van der Waals surface area contributed by atoms with Crippen LogP contribution in [0, 0.1) is 6.92 Å². The third-order valence-electron chi connectivity index (χ3n) is 4.04. The van der Waals surface area contributed by atoms with Gasteiger partial charge >= 0.3 is 5.69 Å². The van der Waals surface area contributed by atoms with Crippen LogP contribution in [0.5, 0.6) is 0 Å². The fourth-order valence-electron chi connectivity index (χ4n) is 2.75. The second kappa shape index (κ2) is 7.25. The van der Waals surface area contributed by atoms with Crippen LogP contribution in [0.3, 0.4) is 0 Å². The number of hydrogen-bond acceptors (Lipinski definition) is 3. The van der Waals surface area contributed by atoms with Crippen molar-refractivity contribution < 1.29 is 8.42 Å². The SMILES string of the molecule is Cc1ccc(CS(=O)(=O)NCCCn2c(=O)[nH]c3ccccc32)cc1. The van der Waals surface area contributed by atoms with Crippen molar-refractivity contribution in [2.45, 2.75) is 25.6 Å². The number of aryl methyl sites for hydroxylation is 2. The largest absolute Gasteiger partial charge is 0.326 e. The molecule has 1 heterocycles. The summed E-state index contributed by atoms with van der Waals surface area (Å²) in [5.74, 6) is -0.0414. The van der Waals surface area contributed by atoms with Crippen molar-refractivity contribution in [3.05, 3.63) is 70.1 Å². The molecule has 0 fully saturated rings. The molecule has 2 aromatic carbocycles. The van der Waals surface area contributed by atoms with E-state index < -0.39 is 10.0 Å². The Morgan fingerprint density at radius 2 is 1.80 bits per heavy atom. The average molecular weight is 359 g/mol. The van der Waals surface area contributed by atoms with Gasteiger partial charge in [-0.25, -0.2) is 17.9 Å². The molecule has 6 nitrogen and oxygen atoms in total.